The summed E-state index contributed by atoms with van der Waals surface area (Å²) in [7, 11) is 0. The van der Waals surface area contributed by atoms with Gasteiger partial charge >= 0.3 is 6.01 Å². The highest BCUT2D eigenvalue weighted by Crippen LogP contribution is 2.33. The van der Waals surface area contributed by atoms with Crippen molar-refractivity contribution in [2.45, 2.75) is 6.92 Å². The summed E-state index contributed by atoms with van der Waals surface area (Å²) in [5.41, 5.74) is 1.14. The molecular formula is C19H14IN3O4. The molecule has 1 N–H and O–H groups in total. The molecule has 2 heterocycles. The summed E-state index contributed by atoms with van der Waals surface area (Å²) >= 11 is 2.10. The lowest BCUT2D eigenvalue weighted by Crippen LogP contribution is -2.13. The number of carbonyl (C=O) groups excluding carboxylic acids is 1. The first-order chi connectivity index (χ1) is 13.2. The molecule has 0 spiro atoms. The van der Waals surface area contributed by atoms with Crippen molar-refractivity contribution in [1.82, 2.24) is 10.2 Å². The van der Waals surface area contributed by atoms with Crippen LogP contribution in [-0.2, 0) is 0 Å². The van der Waals surface area contributed by atoms with E-state index in [2.05, 4.69) is 38.1 Å². The van der Waals surface area contributed by atoms with Crippen LogP contribution in [0.1, 0.15) is 17.3 Å². The van der Waals surface area contributed by atoms with Crippen molar-refractivity contribution in [3.05, 3.63) is 57.7 Å². The Balaban J connectivity index is 1.59. The monoisotopic (exact) mass is 475 g/mol. The Labute approximate surface area is 167 Å². The molecule has 4 rings (SSSR count). The quantitative estimate of drug-likeness (QED) is 0.420. The Kier molecular flexibility index (Phi) is 4.80. The van der Waals surface area contributed by atoms with Gasteiger partial charge in [-0.15, -0.1) is 5.10 Å². The second-order valence-electron chi connectivity index (χ2n) is 5.56. The number of nitrogens with zero attached hydrogens (tertiary/aromatic N) is 2. The number of carbonyl (C=O) groups is 1. The number of para-hydroxylation sites is 1. The highest BCUT2D eigenvalue weighted by atomic mass is 127. The van der Waals surface area contributed by atoms with Crippen LogP contribution in [0.3, 0.4) is 0 Å². The molecule has 0 fully saturated rings. The average Bonchev–Trinajstić information content (AvgIpc) is 3.29. The van der Waals surface area contributed by atoms with Gasteiger partial charge in [0.15, 0.2) is 17.1 Å². The number of furan rings is 1. The van der Waals surface area contributed by atoms with Gasteiger partial charge in [-0.25, -0.2) is 0 Å². The summed E-state index contributed by atoms with van der Waals surface area (Å²) in [5.74, 6) is 0.900. The van der Waals surface area contributed by atoms with Gasteiger partial charge in [0.05, 0.1) is 12.2 Å². The molecule has 0 aliphatic carbocycles. The number of amides is 1. The summed E-state index contributed by atoms with van der Waals surface area (Å²) < 4.78 is 17.8. The van der Waals surface area contributed by atoms with E-state index in [9.17, 15) is 4.79 Å². The van der Waals surface area contributed by atoms with Crippen LogP contribution in [0.15, 0.2) is 57.4 Å². The SMILES string of the molecule is CCOc1cccc2cc(-c3nnc(NC(=O)c4ccccc4I)o3)oc12. The number of benzene rings is 2. The minimum atomic E-state index is -0.321. The molecule has 0 atom stereocenters. The molecule has 0 unspecified atom stereocenters. The molecule has 4 aromatic rings. The highest BCUT2D eigenvalue weighted by Gasteiger charge is 2.18. The average molecular weight is 475 g/mol. The fourth-order valence-electron chi connectivity index (χ4n) is 2.59. The molecule has 0 aliphatic rings. The minimum Gasteiger partial charge on any atom is -0.490 e. The molecule has 0 aliphatic heterocycles. The molecule has 8 heteroatoms. The first-order valence-corrected chi connectivity index (χ1v) is 9.28. The Morgan fingerprint density at radius 2 is 2.00 bits per heavy atom. The van der Waals surface area contributed by atoms with E-state index in [0.29, 0.717) is 29.3 Å². The topological polar surface area (TPSA) is 90.4 Å². The van der Waals surface area contributed by atoms with E-state index >= 15 is 0 Å². The number of anilines is 1. The second kappa shape index (κ2) is 7.39. The van der Waals surface area contributed by atoms with Gasteiger partial charge in [-0.2, -0.15) is 0 Å². The van der Waals surface area contributed by atoms with Gasteiger partial charge in [-0.1, -0.05) is 29.4 Å². The Morgan fingerprint density at radius 1 is 1.15 bits per heavy atom. The van der Waals surface area contributed by atoms with Crippen molar-refractivity contribution in [2.75, 3.05) is 11.9 Å². The molecule has 0 saturated heterocycles. The van der Waals surface area contributed by atoms with Crippen LogP contribution in [0.5, 0.6) is 5.75 Å². The van der Waals surface area contributed by atoms with Gasteiger partial charge in [0, 0.05) is 8.96 Å². The standard InChI is InChI=1S/C19H14IN3O4/c1-2-25-14-9-5-6-11-10-15(26-16(11)14)18-22-23-19(27-18)21-17(24)12-7-3-4-8-13(12)20/h3-10H,2H2,1H3,(H,21,23,24). The highest BCUT2D eigenvalue weighted by molar-refractivity contribution is 14.1. The van der Waals surface area contributed by atoms with Crippen LogP contribution in [0.25, 0.3) is 22.6 Å². The van der Waals surface area contributed by atoms with Gasteiger partial charge in [0.25, 0.3) is 11.8 Å². The normalized spacial score (nSPS) is 10.9. The fraction of sp³-hybridized carbons (Fsp3) is 0.105. The summed E-state index contributed by atoms with van der Waals surface area (Å²) in [5, 5.41) is 11.3. The minimum absolute atomic E-state index is 0.000130. The number of rotatable bonds is 5. The summed E-state index contributed by atoms with van der Waals surface area (Å²) in [4.78, 5) is 12.4. The predicted molar refractivity (Wildman–Crippen MR) is 108 cm³/mol. The molecule has 136 valence electrons. The zero-order valence-electron chi connectivity index (χ0n) is 14.2. The van der Waals surface area contributed by atoms with Crippen molar-refractivity contribution in [3.8, 4) is 17.4 Å². The van der Waals surface area contributed by atoms with Gasteiger partial charge in [0.1, 0.15) is 0 Å². The lowest BCUT2D eigenvalue weighted by Gasteiger charge is -2.02. The van der Waals surface area contributed by atoms with Crippen molar-refractivity contribution in [1.29, 1.82) is 0 Å². The number of halogens is 1. The number of hydrogen-bond acceptors (Lipinski definition) is 6. The third-order valence-corrected chi connectivity index (χ3v) is 4.72. The molecule has 1 amide bonds. The number of ether oxygens (including phenoxy) is 1. The third-order valence-electron chi connectivity index (χ3n) is 3.78. The van der Waals surface area contributed by atoms with Gasteiger partial charge in [-0.05, 0) is 53.8 Å². The zero-order valence-corrected chi connectivity index (χ0v) is 16.4. The lowest BCUT2D eigenvalue weighted by atomic mass is 10.2. The molecular weight excluding hydrogens is 461 g/mol. The third kappa shape index (κ3) is 3.52. The van der Waals surface area contributed by atoms with E-state index in [1.54, 1.807) is 18.2 Å². The Morgan fingerprint density at radius 3 is 2.81 bits per heavy atom. The summed E-state index contributed by atoms with van der Waals surface area (Å²) in [6, 6.07) is 14.6. The van der Waals surface area contributed by atoms with Crippen LogP contribution >= 0.6 is 22.6 Å². The van der Waals surface area contributed by atoms with Gasteiger partial charge in [-0.3, -0.25) is 10.1 Å². The summed E-state index contributed by atoms with van der Waals surface area (Å²) in [6.45, 7) is 2.44. The predicted octanol–water partition coefficient (Wildman–Crippen LogP) is 4.74. The summed E-state index contributed by atoms with van der Waals surface area (Å²) in [6.07, 6.45) is 0. The molecule has 2 aromatic carbocycles. The van der Waals surface area contributed by atoms with Crippen LogP contribution in [-0.4, -0.2) is 22.7 Å². The lowest BCUT2D eigenvalue weighted by molar-refractivity contribution is 0.102. The van der Waals surface area contributed by atoms with Gasteiger partial charge in [0.2, 0.25) is 0 Å². The Bertz CT molecular complexity index is 1120. The molecule has 0 saturated carbocycles. The first kappa shape index (κ1) is 17.5. The molecule has 2 aromatic heterocycles. The fourth-order valence-corrected chi connectivity index (χ4v) is 3.23. The molecule has 0 bridgehead atoms. The van der Waals surface area contributed by atoms with Crippen molar-refractivity contribution in [3.63, 3.8) is 0 Å². The zero-order chi connectivity index (χ0) is 18.8. The smallest absolute Gasteiger partial charge is 0.322 e. The molecule has 27 heavy (non-hydrogen) atoms. The van der Waals surface area contributed by atoms with Gasteiger partial charge < -0.3 is 13.6 Å². The van der Waals surface area contributed by atoms with E-state index in [1.807, 2.05) is 37.3 Å². The molecule has 0 radical (unpaired) electrons. The van der Waals surface area contributed by atoms with E-state index < -0.39 is 0 Å². The number of fused-ring (bicyclic) bond motifs is 1. The maximum Gasteiger partial charge on any atom is 0.322 e. The van der Waals surface area contributed by atoms with Crippen LogP contribution < -0.4 is 10.1 Å². The number of aromatic nitrogens is 2. The number of hydrogen-bond donors (Lipinski definition) is 1. The van der Waals surface area contributed by atoms with Crippen LogP contribution in [0.2, 0.25) is 0 Å². The largest absolute Gasteiger partial charge is 0.490 e. The van der Waals surface area contributed by atoms with Crippen molar-refractivity contribution >= 4 is 45.5 Å². The van der Waals surface area contributed by atoms with E-state index in [-0.39, 0.29) is 17.8 Å². The van der Waals surface area contributed by atoms with E-state index in [4.69, 9.17) is 13.6 Å². The maximum absolute atomic E-state index is 12.4. The van der Waals surface area contributed by atoms with Crippen LogP contribution in [0.4, 0.5) is 6.01 Å². The van der Waals surface area contributed by atoms with Crippen molar-refractivity contribution in [2.24, 2.45) is 0 Å². The first-order valence-electron chi connectivity index (χ1n) is 8.21. The number of nitrogens with one attached hydrogen (secondary N) is 1. The van der Waals surface area contributed by atoms with E-state index in [0.717, 1.165) is 8.96 Å². The van der Waals surface area contributed by atoms with E-state index in [1.165, 1.54) is 0 Å². The second-order valence-corrected chi connectivity index (χ2v) is 6.73. The van der Waals surface area contributed by atoms with Crippen LogP contribution in [0, 0.1) is 3.57 Å². The maximum atomic E-state index is 12.4. The Hall–Kier alpha value is -2.88. The van der Waals surface area contributed by atoms with Crippen molar-refractivity contribution < 1.29 is 18.4 Å². The molecule has 7 nitrogen and oxygen atoms in total.